The number of nitrogens with one attached hydrogen (secondary N) is 1. The molecule has 0 spiro atoms. The summed E-state index contributed by atoms with van der Waals surface area (Å²) in [5.41, 5.74) is 0.0951. The molecular weight excluding hydrogens is 673 g/mol. The van der Waals surface area contributed by atoms with Gasteiger partial charge in [0.1, 0.15) is 23.8 Å². The molecule has 0 atom stereocenters. The van der Waals surface area contributed by atoms with Gasteiger partial charge in [-0.1, -0.05) is 4.98 Å². The van der Waals surface area contributed by atoms with E-state index in [9.17, 15) is 31.7 Å². The van der Waals surface area contributed by atoms with Gasteiger partial charge in [0, 0.05) is 37.6 Å². The summed E-state index contributed by atoms with van der Waals surface area (Å²) in [6.07, 6.45) is 2.82. The molecule has 1 saturated carbocycles. The molecule has 4 aromatic heterocycles. The Balaban J connectivity index is 1.25. The van der Waals surface area contributed by atoms with Crippen molar-refractivity contribution in [2.75, 3.05) is 47.1 Å². The molecule has 0 amide bonds. The number of halogens is 3. The monoisotopic (exact) mass is 706 g/mol. The van der Waals surface area contributed by atoms with E-state index in [0.717, 1.165) is 23.0 Å². The standard InChI is InChI=1S/C29H33F3N10O6S/c1-39-21(16-36-28(39)42(43)44)17-41(49(2,45)46)20-11-23-24(33-15-20)12-25(40-7-9-47-10-8-40)38-26(23)48-22-5-3-19(4-6-22)37-27-34-13-18(14-35-27)29(30,31)32/h11-16,19,22H,3-10,17H2,1-2H3,(H,34,35,37). The highest BCUT2D eigenvalue weighted by molar-refractivity contribution is 7.92. The second-order valence-electron chi connectivity index (χ2n) is 11.8. The Morgan fingerprint density at radius 3 is 2.37 bits per heavy atom. The van der Waals surface area contributed by atoms with Gasteiger partial charge in [0.2, 0.25) is 21.9 Å². The normalized spacial score (nSPS) is 18.8. The Bertz CT molecular complexity index is 1930. The number of imidazole rings is 1. The summed E-state index contributed by atoms with van der Waals surface area (Å²) in [7, 11) is -2.46. The van der Waals surface area contributed by atoms with Gasteiger partial charge in [-0.05, 0) is 36.7 Å². The van der Waals surface area contributed by atoms with Crippen LogP contribution in [0.25, 0.3) is 10.9 Å². The molecule has 0 bridgehead atoms. The van der Waals surface area contributed by atoms with E-state index < -0.39 is 32.6 Å². The second kappa shape index (κ2) is 13.6. The number of hydrogen-bond acceptors (Lipinski definition) is 13. The van der Waals surface area contributed by atoms with Crippen LogP contribution in [0.4, 0.5) is 36.6 Å². The van der Waals surface area contributed by atoms with Gasteiger partial charge < -0.3 is 29.8 Å². The molecule has 6 rings (SSSR count). The van der Waals surface area contributed by atoms with E-state index in [1.54, 1.807) is 12.1 Å². The van der Waals surface area contributed by atoms with Gasteiger partial charge in [-0.2, -0.15) is 18.2 Å². The molecule has 1 aliphatic heterocycles. The van der Waals surface area contributed by atoms with Crippen LogP contribution in [-0.4, -0.2) is 87.5 Å². The molecule has 1 aliphatic carbocycles. The summed E-state index contributed by atoms with van der Waals surface area (Å²) in [4.78, 5) is 33.6. The number of morpholine rings is 1. The van der Waals surface area contributed by atoms with Crippen molar-refractivity contribution in [3.8, 4) is 5.88 Å². The number of rotatable bonds is 10. The molecule has 1 saturated heterocycles. The van der Waals surface area contributed by atoms with E-state index in [4.69, 9.17) is 14.5 Å². The van der Waals surface area contributed by atoms with Crippen molar-refractivity contribution in [2.24, 2.45) is 7.05 Å². The lowest BCUT2D eigenvalue weighted by atomic mass is 9.93. The van der Waals surface area contributed by atoms with E-state index in [1.807, 2.05) is 4.90 Å². The topological polar surface area (TPSA) is 184 Å². The lowest BCUT2D eigenvalue weighted by Gasteiger charge is -2.31. The maximum atomic E-state index is 13.0. The van der Waals surface area contributed by atoms with Gasteiger partial charge >= 0.3 is 12.1 Å². The van der Waals surface area contributed by atoms with Crippen molar-refractivity contribution >= 4 is 44.3 Å². The molecule has 1 N–H and O–H groups in total. The first-order valence-corrected chi connectivity index (χ1v) is 17.2. The molecule has 2 fully saturated rings. The fraction of sp³-hybridized carbons (Fsp3) is 0.483. The van der Waals surface area contributed by atoms with Crippen molar-refractivity contribution in [3.05, 3.63) is 58.3 Å². The first-order valence-electron chi connectivity index (χ1n) is 15.3. The number of nitrogens with zero attached hydrogens (tertiary/aromatic N) is 9. The van der Waals surface area contributed by atoms with Crippen molar-refractivity contribution in [2.45, 2.75) is 50.6 Å². The number of alkyl halides is 3. The predicted molar refractivity (Wildman–Crippen MR) is 171 cm³/mol. The minimum Gasteiger partial charge on any atom is -0.474 e. The largest absolute Gasteiger partial charge is 0.474 e. The minimum atomic E-state index is -4.52. The van der Waals surface area contributed by atoms with Crippen molar-refractivity contribution in [1.29, 1.82) is 0 Å². The average Bonchev–Trinajstić information content (AvgIpc) is 3.44. The van der Waals surface area contributed by atoms with Crippen LogP contribution in [-0.2, 0) is 34.5 Å². The van der Waals surface area contributed by atoms with Gasteiger partial charge in [0.25, 0.3) is 0 Å². The smallest absolute Gasteiger partial charge is 0.434 e. The lowest BCUT2D eigenvalue weighted by Crippen LogP contribution is -2.37. The number of anilines is 3. The zero-order chi connectivity index (χ0) is 34.9. The van der Waals surface area contributed by atoms with E-state index >= 15 is 0 Å². The summed E-state index contributed by atoms with van der Waals surface area (Å²) in [5.74, 6) is 0.578. The van der Waals surface area contributed by atoms with Crippen LogP contribution in [0.2, 0.25) is 0 Å². The third-order valence-electron chi connectivity index (χ3n) is 8.43. The van der Waals surface area contributed by atoms with E-state index in [2.05, 4.69) is 25.3 Å². The van der Waals surface area contributed by atoms with Gasteiger partial charge in [0.15, 0.2) is 0 Å². The third kappa shape index (κ3) is 7.74. The highest BCUT2D eigenvalue weighted by atomic mass is 32.2. The lowest BCUT2D eigenvalue weighted by molar-refractivity contribution is -0.396. The van der Waals surface area contributed by atoms with Crippen LogP contribution in [0.1, 0.15) is 36.9 Å². The maximum absolute atomic E-state index is 13.0. The Morgan fingerprint density at radius 1 is 1.06 bits per heavy atom. The zero-order valence-corrected chi connectivity index (χ0v) is 27.3. The number of sulfonamides is 1. The fourth-order valence-corrected chi connectivity index (χ4v) is 6.61. The van der Waals surface area contributed by atoms with Crippen molar-refractivity contribution in [1.82, 2.24) is 29.5 Å². The highest BCUT2D eigenvalue weighted by Gasteiger charge is 2.32. The SMILES string of the molecule is Cn1c(CN(c2cnc3cc(N4CCOCC4)nc(OC4CCC(Nc5ncc(C(F)(F)F)cn5)CC4)c3c2)S(C)(=O)=O)cnc1[N+](=O)[O-]. The van der Waals surface area contributed by atoms with Crippen LogP contribution in [0.5, 0.6) is 5.88 Å². The summed E-state index contributed by atoms with van der Waals surface area (Å²) in [5, 5.41) is 14.9. The Labute approximate surface area is 278 Å². The number of nitro groups is 1. The maximum Gasteiger partial charge on any atom is 0.434 e. The summed E-state index contributed by atoms with van der Waals surface area (Å²) < 4.78 is 79.0. The third-order valence-corrected chi connectivity index (χ3v) is 9.57. The van der Waals surface area contributed by atoms with Crippen molar-refractivity contribution in [3.63, 3.8) is 0 Å². The zero-order valence-electron chi connectivity index (χ0n) is 26.5. The molecule has 16 nitrogen and oxygen atoms in total. The van der Waals surface area contributed by atoms with Crippen LogP contribution in [0, 0.1) is 10.1 Å². The molecule has 5 heterocycles. The molecule has 2 aliphatic rings. The van der Waals surface area contributed by atoms with Crippen LogP contribution >= 0.6 is 0 Å². The number of aromatic nitrogens is 6. The molecule has 0 unspecified atom stereocenters. The molecule has 262 valence electrons. The van der Waals surface area contributed by atoms with Gasteiger partial charge in [0.05, 0.1) is 61.4 Å². The summed E-state index contributed by atoms with van der Waals surface area (Å²) in [6.45, 7) is 2.03. The molecular formula is C29H33F3N10O6S. The summed E-state index contributed by atoms with van der Waals surface area (Å²) in [6, 6.07) is 3.34. The minimum absolute atomic E-state index is 0.0830. The quantitative estimate of drug-likeness (QED) is 0.186. The van der Waals surface area contributed by atoms with Gasteiger partial charge in [-0.25, -0.2) is 23.0 Å². The van der Waals surface area contributed by atoms with E-state index in [-0.39, 0.29) is 36.2 Å². The van der Waals surface area contributed by atoms with Crippen LogP contribution < -0.4 is 19.3 Å². The molecule has 4 aromatic rings. The van der Waals surface area contributed by atoms with Gasteiger partial charge in [-0.15, -0.1) is 0 Å². The molecule has 0 radical (unpaired) electrons. The van der Waals surface area contributed by atoms with Crippen LogP contribution in [0.15, 0.2) is 36.9 Å². The Hall–Kier alpha value is -4.85. The van der Waals surface area contributed by atoms with Crippen molar-refractivity contribution < 1.29 is 36.0 Å². The Morgan fingerprint density at radius 2 is 1.76 bits per heavy atom. The van der Waals surface area contributed by atoms with Crippen LogP contribution in [0.3, 0.4) is 0 Å². The molecule has 0 aromatic carbocycles. The number of fused-ring (bicyclic) bond motifs is 1. The number of hydrogen-bond donors (Lipinski definition) is 1. The summed E-state index contributed by atoms with van der Waals surface area (Å²) >= 11 is 0. The first kappa shape index (κ1) is 34.0. The molecule has 20 heteroatoms. The first-order chi connectivity index (χ1) is 23.3. The predicted octanol–water partition coefficient (Wildman–Crippen LogP) is 3.69. The van der Waals surface area contributed by atoms with E-state index in [1.165, 1.54) is 24.0 Å². The number of pyridine rings is 2. The average molecular weight is 707 g/mol. The molecule has 49 heavy (non-hydrogen) atoms. The van der Waals surface area contributed by atoms with Gasteiger partial charge in [-0.3, -0.25) is 9.29 Å². The highest BCUT2D eigenvalue weighted by Crippen LogP contribution is 2.35. The second-order valence-corrected chi connectivity index (χ2v) is 13.7. The fourth-order valence-electron chi connectivity index (χ4n) is 5.76. The van der Waals surface area contributed by atoms with E-state index in [0.29, 0.717) is 74.4 Å². The Kier molecular flexibility index (Phi) is 9.43. The number of ether oxygens (including phenoxy) is 2.